The number of fused-ring (bicyclic) bond motifs is 2. The van der Waals surface area contributed by atoms with E-state index in [9.17, 15) is 20.1 Å². The topological polar surface area (TPSA) is 170 Å². The Labute approximate surface area is 379 Å². The first-order valence-corrected chi connectivity index (χ1v) is 24.0. The molecule has 0 amide bonds. The van der Waals surface area contributed by atoms with Gasteiger partial charge in [-0.15, -0.1) is 0 Å². The molecule has 0 aromatic carbocycles. The van der Waals surface area contributed by atoms with Gasteiger partial charge in [-0.3, -0.25) is 4.79 Å². The lowest BCUT2D eigenvalue weighted by molar-refractivity contribution is -0.318. The standard InChI is InChI=1S/C50H74O14/c1-27-13-12-16-34-26-57-47-42(51)30(4)21-37(50(34,47)54)48(53)60-36-22-35(63-49(25-36)20-19-29(3)45(64-49)33-14-10-9-11-15-33)18-17-28(2)44(27)61-41-24-39(56-8)46(32(6)59-41)62-40-23-38(55-7)43(52)31(5)58-40/h12-13,16-17,19-21,27,29,31-33,35-47,51-52,54H,9-11,14-15,18,22-26H2,1-8H3/b13-12+,28-17+,34-16+/t27-,29-,31-,32-,35+,36-,37-,38-,39-,40-,41-,42+,43-,44?,45-,46-,47+,49+,50+/m0/s1. The molecule has 0 radical (unpaired) electrons. The van der Waals surface area contributed by atoms with Crippen molar-refractivity contribution in [2.75, 3.05) is 20.8 Å². The van der Waals surface area contributed by atoms with Crippen molar-refractivity contribution >= 4 is 5.97 Å². The molecule has 8 aliphatic rings. The number of hydrogen-bond donors (Lipinski definition) is 3. The Kier molecular flexibility index (Phi) is 15.1. The smallest absolute Gasteiger partial charge is 0.316 e. The lowest BCUT2D eigenvalue weighted by Gasteiger charge is -2.49. The summed E-state index contributed by atoms with van der Waals surface area (Å²) in [6, 6.07) is 0. The first kappa shape index (κ1) is 48.2. The van der Waals surface area contributed by atoms with Crippen LogP contribution in [0.25, 0.3) is 0 Å². The van der Waals surface area contributed by atoms with Gasteiger partial charge in [-0.1, -0.05) is 69.6 Å². The van der Waals surface area contributed by atoms with Crippen LogP contribution in [-0.4, -0.2) is 139 Å². The zero-order valence-electron chi connectivity index (χ0n) is 39.0. The highest BCUT2D eigenvalue weighted by Gasteiger charge is 2.60. The van der Waals surface area contributed by atoms with Crippen molar-refractivity contribution in [3.63, 3.8) is 0 Å². The van der Waals surface area contributed by atoms with Crippen molar-refractivity contribution in [1.29, 1.82) is 0 Å². The van der Waals surface area contributed by atoms with Crippen LogP contribution in [0.1, 0.15) is 106 Å². The van der Waals surface area contributed by atoms with E-state index in [-0.39, 0.29) is 36.8 Å². The fraction of sp³-hybridized carbons (Fsp3) is 0.780. The number of aliphatic hydroxyl groups excluding tert-OH is 2. The molecule has 1 saturated carbocycles. The van der Waals surface area contributed by atoms with Crippen LogP contribution in [0.2, 0.25) is 0 Å². The van der Waals surface area contributed by atoms with Crippen LogP contribution in [-0.2, 0) is 52.2 Å². The van der Waals surface area contributed by atoms with E-state index >= 15 is 0 Å². The summed E-state index contributed by atoms with van der Waals surface area (Å²) >= 11 is 0. The van der Waals surface area contributed by atoms with E-state index in [1.54, 1.807) is 40.2 Å². The quantitative estimate of drug-likeness (QED) is 0.204. The van der Waals surface area contributed by atoms with Gasteiger partial charge in [0.25, 0.3) is 0 Å². The summed E-state index contributed by atoms with van der Waals surface area (Å²) in [5, 5.41) is 34.3. The summed E-state index contributed by atoms with van der Waals surface area (Å²) in [7, 11) is 3.23. The summed E-state index contributed by atoms with van der Waals surface area (Å²) in [4.78, 5) is 14.4. The largest absolute Gasteiger partial charge is 0.462 e. The summed E-state index contributed by atoms with van der Waals surface area (Å²) in [5.41, 5.74) is 0.166. The predicted octanol–water partition coefficient (Wildman–Crippen LogP) is 5.91. The van der Waals surface area contributed by atoms with Gasteiger partial charge in [0, 0.05) is 51.7 Å². The third-order valence-corrected chi connectivity index (χ3v) is 15.4. The molecule has 6 aliphatic heterocycles. The van der Waals surface area contributed by atoms with Crippen molar-refractivity contribution in [3.8, 4) is 0 Å². The van der Waals surface area contributed by atoms with Gasteiger partial charge in [0.1, 0.15) is 42.0 Å². The molecule has 1 unspecified atom stereocenters. The number of rotatable bonds is 7. The second-order valence-electron chi connectivity index (χ2n) is 20.0. The van der Waals surface area contributed by atoms with Crippen molar-refractivity contribution in [2.24, 2.45) is 23.7 Å². The Morgan fingerprint density at radius 1 is 0.812 bits per heavy atom. The van der Waals surface area contributed by atoms with Gasteiger partial charge in [-0.25, -0.2) is 0 Å². The SMILES string of the molecule is CO[C@H]1C[C@H](O[C@H]2[C@H](C)O[C@@H](OC3/C(C)=C/C[C@@H]4C[C@@H](C[C@]5(C=C[C@H](C)[C@@H](C6CCCCC6)O5)O4)OC(=O)[C@@H]4C=C(C)[C@@H](O)[C@H]5OC/C(=C\C=C\[C@@H]3C)[C@]54O)C[C@@H]2OC)O[C@@H](C)[C@@H]1O. The molecule has 6 heterocycles. The molecule has 0 aromatic rings. The molecule has 0 aromatic heterocycles. The van der Waals surface area contributed by atoms with Crippen molar-refractivity contribution < 1.29 is 67.5 Å². The van der Waals surface area contributed by atoms with Gasteiger partial charge in [0.05, 0.1) is 49.3 Å². The van der Waals surface area contributed by atoms with Crippen LogP contribution >= 0.6 is 0 Å². The highest BCUT2D eigenvalue weighted by Crippen LogP contribution is 2.48. The monoisotopic (exact) mass is 899 g/mol. The highest BCUT2D eigenvalue weighted by molar-refractivity contribution is 5.78. The fourth-order valence-corrected chi connectivity index (χ4v) is 11.7. The Bertz CT molecular complexity index is 1790. The van der Waals surface area contributed by atoms with Gasteiger partial charge in [-0.05, 0) is 75.7 Å². The number of esters is 1. The molecule has 64 heavy (non-hydrogen) atoms. The van der Waals surface area contributed by atoms with E-state index in [2.05, 4.69) is 32.9 Å². The Balaban J connectivity index is 1.08. The number of aliphatic hydroxyl groups is 3. The zero-order valence-corrected chi connectivity index (χ0v) is 39.0. The molecule has 19 atom stereocenters. The molecule has 5 fully saturated rings. The van der Waals surface area contributed by atoms with Gasteiger partial charge in [-0.2, -0.15) is 0 Å². The average molecular weight is 899 g/mol. The molecule has 1 spiro atoms. The van der Waals surface area contributed by atoms with Crippen LogP contribution in [0.15, 0.2) is 59.3 Å². The second-order valence-corrected chi connectivity index (χ2v) is 20.0. The molecule has 2 bridgehead atoms. The van der Waals surface area contributed by atoms with Gasteiger partial charge in [0.2, 0.25) is 0 Å². The number of methoxy groups -OCH3 is 2. The molecule has 14 nitrogen and oxygen atoms in total. The Morgan fingerprint density at radius 3 is 2.28 bits per heavy atom. The Hall–Kier alpha value is -2.31. The normalized spacial score (nSPS) is 49.2. The number of carbonyl (C=O) groups excluding carboxylic acids is 1. The number of ether oxygens (including phenoxy) is 10. The van der Waals surface area contributed by atoms with Crippen molar-refractivity contribution in [3.05, 3.63) is 59.3 Å². The van der Waals surface area contributed by atoms with Crippen LogP contribution in [0.3, 0.4) is 0 Å². The Morgan fingerprint density at radius 2 is 1.53 bits per heavy atom. The molecule has 4 saturated heterocycles. The first-order chi connectivity index (χ1) is 30.6. The van der Waals surface area contributed by atoms with Crippen molar-refractivity contribution in [1.82, 2.24) is 0 Å². The summed E-state index contributed by atoms with van der Waals surface area (Å²) in [6.07, 6.45) is 13.8. The number of hydrogen-bond acceptors (Lipinski definition) is 14. The maximum Gasteiger partial charge on any atom is 0.316 e. The van der Waals surface area contributed by atoms with Crippen LogP contribution in [0.4, 0.5) is 0 Å². The van der Waals surface area contributed by atoms with E-state index in [4.69, 9.17) is 47.4 Å². The fourth-order valence-electron chi connectivity index (χ4n) is 11.7. The average Bonchev–Trinajstić information content (AvgIpc) is 3.62. The first-order valence-electron chi connectivity index (χ1n) is 24.0. The minimum Gasteiger partial charge on any atom is -0.462 e. The summed E-state index contributed by atoms with van der Waals surface area (Å²) in [6.45, 7) is 11.9. The predicted molar refractivity (Wildman–Crippen MR) is 234 cm³/mol. The van der Waals surface area contributed by atoms with Gasteiger partial charge >= 0.3 is 5.97 Å². The molecular formula is C50H74O14. The molecule has 3 N–H and O–H groups in total. The molecule has 358 valence electrons. The third kappa shape index (κ3) is 9.82. The van der Waals surface area contributed by atoms with Crippen LogP contribution in [0, 0.1) is 23.7 Å². The zero-order chi connectivity index (χ0) is 45.5. The van der Waals surface area contributed by atoms with Crippen molar-refractivity contribution in [2.45, 2.75) is 203 Å². The maximum atomic E-state index is 14.4. The third-order valence-electron chi connectivity index (χ3n) is 15.4. The van der Waals surface area contributed by atoms with E-state index in [0.717, 1.165) is 18.4 Å². The minimum absolute atomic E-state index is 0.0242. The lowest BCUT2D eigenvalue weighted by Crippen LogP contribution is -2.58. The molecular weight excluding hydrogens is 825 g/mol. The lowest BCUT2D eigenvalue weighted by atomic mass is 9.71. The number of allylic oxidation sites excluding steroid dienone is 2. The van der Waals surface area contributed by atoms with Gasteiger partial charge < -0.3 is 62.7 Å². The number of carbonyl (C=O) groups is 1. The molecule has 14 heteroatoms. The van der Waals surface area contributed by atoms with Gasteiger partial charge in [0.15, 0.2) is 18.4 Å². The second kappa shape index (κ2) is 20.1. The highest BCUT2D eigenvalue weighted by atomic mass is 16.7. The molecule has 8 rings (SSSR count). The molecule has 2 aliphatic carbocycles. The van der Waals surface area contributed by atoms with E-state index < -0.39 is 90.8 Å². The maximum absolute atomic E-state index is 14.4. The minimum atomic E-state index is -1.83. The summed E-state index contributed by atoms with van der Waals surface area (Å²) < 4.78 is 64.1. The van der Waals surface area contributed by atoms with E-state index in [1.165, 1.54) is 19.3 Å². The summed E-state index contributed by atoms with van der Waals surface area (Å²) in [5.74, 6) is -2.32. The van der Waals surface area contributed by atoms with E-state index in [1.807, 2.05) is 25.2 Å². The van der Waals surface area contributed by atoms with Crippen LogP contribution in [0.5, 0.6) is 0 Å². The van der Waals surface area contributed by atoms with E-state index in [0.29, 0.717) is 49.2 Å². The van der Waals surface area contributed by atoms with Crippen LogP contribution < -0.4 is 0 Å².